The molecule has 1 unspecified atom stereocenters. The van der Waals surface area contributed by atoms with Crippen molar-refractivity contribution in [2.45, 2.75) is 19.8 Å². The highest BCUT2D eigenvalue weighted by Crippen LogP contribution is 1.94. The molecule has 0 radical (unpaired) electrons. The van der Waals surface area contributed by atoms with Crippen LogP contribution < -0.4 is 5.32 Å². The van der Waals surface area contributed by atoms with Gasteiger partial charge in [-0.2, -0.15) is 5.10 Å². The first-order valence-corrected chi connectivity index (χ1v) is 4.94. The van der Waals surface area contributed by atoms with E-state index >= 15 is 0 Å². The zero-order valence-electron chi connectivity index (χ0n) is 8.73. The van der Waals surface area contributed by atoms with Crippen LogP contribution in [-0.2, 0) is 11.2 Å². The van der Waals surface area contributed by atoms with Gasteiger partial charge in [0.05, 0.1) is 0 Å². The van der Waals surface area contributed by atoms with Gasteiger partial charge in [0.1, 0.15) is 12.2 Å². The van der Waals surface area contributed by atoms with E-state index in [1.165, 1.54) is 6.33 Å². The number of rotatable bonds is 6. The van der Waals surface area contributed by atoms with Crippen LogP contribution in [0.1, 0.15) is 19.2 Å². The van der Waals surface area contributed by atoms with Crippen molar-refractivity contribution in [3.05, 3.63) is 12.2 Å². The molecule has 84 valence electrons. The van der Waals surface area contributed by atoms with Gasteiger partial charge in [0.2, 0.25) is 5.91 Å². The maximum atomic E-state index is 11.3. The summed E-state index contributed by atoms with van der Waals surface area (Å²) in [5, 5.41) is 17.9. The summed E-state index contributed by atoms with van der Waals surface area (Å²) in [7, 11) is 0. The molecule has 6 nitrogen and oxygen atoms in total. The fourth-order valence-electron chi connectivity index (χ4n) is 1.02. The van der Waals surface area contributed by atoms with E-state index in [9.17, 15) is 4.79 Å². The van der Waals surface area contributed by atoms with Gasteiger partial charge in [-0.05, 0) is 5.92 Å². The molecule has 1 atom stereocenters. The maximum absolute atomic E-state index is 11.3. The van der Waals surface area contributed by atoms with Crippen LogP contribution in [0.25, 0.3) is 0 Å². The average molecular weight is 212 g/mol. The van der Waals surface area contributed by atoms with Crippen LogP contribution in [0.2, 0.25) is 0 Å². The summed E-state index contributed by atoms with van der Waals surface area (Å²) in [6.45, 7) is 2.46. The van der Waals surface area contributed by atoms with Crippen molar-refractivity contribution < 1.29 is 9.90 Å². The van der Waals surface area contributed by atoms with Crippen LogP contribution in [-0.4, -0.2) is 39.3 Å². The summed E-state index contributed by atoms with van der Waals surface area (Å²) < 4.78 is 0. The van der Waals surface area contributed by atoms with Gasteiger partial charge >= 0.3 is 0 Å². The van der Waals surface area contributed by atoms with E-state index in [0.717, 1.165) is 0 Å². The summed E-state index contributed by atoms with van der Waals surface area (Å²) in [5.41, 5.74) is 0. The summed E-state index contributed by atoms with van der Waals surface area (Å²) in [5.74, 6) is 0.770. The standard InChI is InChI=1S/C9H16N4O2/c1-7(5-14)4-10-9(15)3-2-8-11-6-12-13-8/h6-7,14H,2-5H2,1H3,(H,10,15)(H,11,12,13). The number of carbonyl (C=O) groups excluding carboxylic acids is 1. The van der Waals surface area contributed by atoms with Gasteiger partial charge in [-0.3, -0.25) is 9.89 Å². The molecule has 0 saturated heterocycles. The first kappa shape index (κ1) is 11.6. The number of amides is 1. The second-order valence-corrected chi connectivity index (χ2v) is 3.52. The number of hydrogen-bond donors (Lipinski definition) is 3. The Kier molecular flexibility index (Phi) is 4.76. The number of aromatic nitrogens is 3. The van der Waals surface area contributed by atoms with Gasteiger partial charge in [-0.25, -0.2) is 4.98 Å². The van der Waals surface area contributed by atoms with Crippen molar-refractivity contribution in [1.29, 1.82) is 0 Å². The first-order chi connectivity index (χ1) is 7.22. The zero-order valence-corrected chi connectivity index (χ0v) is 8.73. The number of aryl methyl sites for hydroxylation is 1. The minimum atomic E-state index is -0.0355. The number of aliphatic hydroxyl groups excluding tert-OH is 1. The largest absolute Gasteiger partial charge is 0.396 e. The Hall–Kier alpha value is -1.43. The van der Waals surface area contributed by atoms with E-state index in [0.29, 0.717) is 25.2 Å². The summed E-state index contributed by atoms with van der Waals surface area (Å²) in [6.07, 6.45) is 2.35. The van der Waals surface area contributed by atoms with Crippen LogP contribution in [0.5, 0.6) is 0 Å². The molecule has 1 heterocycles. The van der Waals surface area contributed by atoms with Crippen LogP contribution in [0.15, 0.2) is 6.33 Å². The van der Waals surface area contributed by atoms with Crippen LogP contribution >= 0.6 is 0 Å². The third-order valence-corrected chi connectivity index (χ3v) is 2.01. The molecule has 0 aromatic carbocycles. The van der Waals surface area contributed by atoms with Crippen molar-refractivity contribution in [1.82, 2.24) is 20.5 Å². The number of aliphatic hydroxyl groups is 1. The summed E-state index contributed by atoms with van der Waals surface area (Å²) >= 11 is 0. The lowest BCUT2D eigenvalue weighted by Gasteiger charge is -2.08. The van der Waals surface area contributed by atoms with Gasteiger partial charge in [0.15, 0.2) is 0 Å². The normalized spacial score (nSPS) is 12.4. The molecule has 1 aromatic heterocycles. The quantitative estimate of drug-likeness (QED) is 0.592. The minimum absolute atomic E-state index is 0.0355. The lowest BCUT2D eigenvalue weighted by atomic mass is 10.2. The molecule has 6 heteroatoms. The van der Waals surface area contributed by atoms with E-state index in [1.807, 2.05) is 6.92 Å². The van der Waals surface area contributed by atoms with E-state index < -0.39 is 0 Å². The molecule has 1 amide bonds. The molecular formula is C9H16N4O2. The molecule has 0 fully saturated rings. The van der Waals surface area contributed by atoms with Crippen LogP contribution in [0.3, 0.4) is 0 Å². The van der Waals surface area contributed by atoms with Gasteiger partial charge in [0, 0.05) is 26.0 Å². The summed E-state index contributed by atoms with van der Waals surface area (Å²) in [6, 6.07) is 0. The molecular weight excluding hydrogens is 196 g/mol. The van der Waals surface area contributed by atoms with Gasteiger partial charge in [-0.15, -0.1) is 0 Å². The molecule has 1 aromatic rings. The van der Waals surface area contributed by atoms with Crippen molar-refractivity contribution in [3.8, 4) is 0 Å². The van der Waals surface area contributed by atoms with E-state index in [-0.39, 0.29) is 18.4 Å². The Morgan fingerprint density at radius 1 is 1.73 bits per heavy atom. The Labute approximate surface area is 88.1 Å². The molecule has 3 N–H and O–H groups in total. The van der Waals surface area contributed by atoms with Gasteiger partial charge < -0.3 is 10.4 Å². The molecule has 0 bridgehead atoms. The highest BCUT2D eigenvalue weighted by Gasteiger charge is 2.05. The Bertz CT molecular complexity index is 286. The highest BCUT2D eigenvalue weighted by atomic mass is 16.3. The lowest BCUT2D eigenvalue weighted by molar-refractivity contribution is -0.121. The SMILES string of the molecule is CC(CO)CNC(=O)CCc1ncn[nH]1. The number of nitrogens with one attached hydrogen (secondary N) is 2. The average Bonchev–Trinajstić information content (AvgIpc) is 2.75. The molecule has 0 aliphatic rings. The smallest absolute Gasteiger partial charge is 0.220 e. The first-order valence-electron chi connectivity index (χ1n) is 4.94. The van der Waals surface area contributed by atoms with E-state index in [2.05, 4.69) is 20.5 Å². The fraction of sp³-hybridized carbons (Fsp3) is 0.667. The van der Waals surface area contributed by atoms with Crippen molar-refractivity contribution in [3.63, 3.8) is 0 Å². The zero-order chi connectivity index (χ0) is 11.1. The predicted octanol–water partition coefficient (Wildman–Crippen LogP) is -0.518. The molecule has 15 heavy (non-hydrogen) atoms. The van der Waals surface area contributed by atoms with Gasteiger partial charge in [-0.1, -0.05) is 6.92 Å². The molecule has 0 saturated carbocycles. The lowest BCUT2D eigenvalue weighted by Crippen LogP contribution is -2.29. The topological polar surface area (TPSA) is 90.9 Å². The van der Waals surface area contributed by atoms with Crippen LogP contribution in [0.4, 0.5) is 0 Å². The Morgan fingerprint density at radius 2 is 2.53 bits per heavy atom. The predicted molar refractivity (Wildman–Crippen MR) is 54.0 cm³/mol. The van der Waals surface area contributed by atoms with Crippen molar-refractivity contribution in [2.75, 3.05) is 13.2 Å². The Balaban J connectivity index is 2.14. The van der Waals surface area contributed by atoms with Gasteiger partial charge in [0.25, 0.3) is 0 Å². The Morgan fingerprint density at radius 3 is 3.13 bits per heavy atom. The van der Waals surface area contributed by atoms with Crippen molar-refractivity contribution in [2.24, 2.45) is 5.92 Å². The second-order valence-electron chi connectivity index (χ2n) is 3.52. The number of H-pyrrole nitrogens is 1. The fourth-order valence-corrected chi connectivity index (χ4v) is 1.02. The number of hydrogen-bond acceptors (Lipinski definition) is 4. The third-order valence-electron chi connectivity index (χ3n) is 2.01. The van der Waals surface area contributed by atoms with Crippen molar-refractivity contribution >= 4 is 5.91 Å². The van der Waals surface area contributed by atoms with E-state index in [1.54, 1.807) is 0 Å². The number of carbonyl (C=O) groups is 1. The maximum Gasteiger partial charge on any atom is 0.220 e. The van der Waals surface area contributed by atoms with E-state index in [4.69, 9.17) is 5.11 Å². The number of aromatic amines is 1. The van der Waals surface area contributed by atoms with Crippen LogP contribution in [0, 0.1) is 5.92 Å². The molecule has 0 aliphatic carbocycles. The third kappa shape index (κ3) is 4.55. The second kappa shape index (κ2) is 6.13. The molecule has 1 rings (SSSR count). The highest BCUT2D eigenvalue weighted by molar-refractivity contribution is 5.75. The minimum Gasteiger partial charge on any atom is -0.396 e. The summed E-state index contributed by atoms with van der Waals surface area (Å²) in [4.78, 5) is 15.2. The number of nitrogens with zero attached hydrogens (tertiary/aromatic N) is 2. The molecule has 0 aliphatic heterocycles. The monoisotopic (exact) mass is 212 g/mol. The molecule has 0 spiro atoms.